The van der Waals surface area contributed by atoms with E-state index in [1.54, 1.807) is 17.9 Å². The summed E-state index contributed by atoms with van der Waals surface area (Å²) in [6.45, 7) is 8.72. The Kier molecular flexibility index (Phi) is 6.17. The highest BCUT2D eigenvalue weighted by molar-refractivity contribution is 5.97. The number of likely N-dealkylation sites (tertiary alicyclic amines) is 1. The van der Waals surface area contributed by atoms with Gasteiger partial charge in [0.25, 0.3) is 0 Å². The largest absolute Gasteiger partial charge is 0.360 e. The minimum atomic E-state index is -0.449. The summed E-state index contributed by atoms with van der Waals surface area (Å²) in [7, 11) is 0. The van der Waals surface area contributed by atoms with Gasteiger partial charge in [0.15, 0.2) is 5.82 Å². The molecule has 2 heterocycles. The van der Waals surface area contributed by atoms with E-state index >= 15 is 0 Å². The predicted octanol–water partition coefficient (Wildman–Crippen LogP) is 4.05. The third-order valence-electron chi connectivity index (χ3n) is 5.46. The van der Waals surface area contributed by atoms with Crippen LogP contribution in [0, 0.1) is 19.8 Å². The van der Waals surface area contributed by atoms with Crippen molar-refractivity contribution in [3.8, 4) is 0 Å². The van der Waals surface area contributed by atoms with Crippen LogP contribution < -0.4 is 5.32 Å². The average Bonchev–Trinajstić information content (AvgIpc) is 3.29. The van der Waals surface area contributed by atoms with Gasteiger partial charge in [-0.2, -0.15) is 0 Å². The van der Waals surface area contributed by atoms with Crippen LogP contribution in [0.15, 0.2) is 34.9 Å². The standard InChI is InChI=1S/C22H29N3O3/c1-14(2)18(17-9-7-15(3)8-10-17)13-21(26)25-11-5-6-19(25)22(27)23-20-12-16(4)28-24-20/h7-10,12,14,18-19H,5-6,11,13H2,1-4H3,(H,23,24,27)/t18?,19-/m1/s1. The van der Waals surface area contributed by atoms with Gasteiger partial charge in [-0.15, -0.1) is 0 Å². The van der Waals surface area contributed by atoms with Gasteiger partial charge in [-0.25, -0.2) is 0 Å². The molecule has 0 radical (unpaired) electrons. The summed E-state index contributed by atoms with van der Waals surface area (Å²) in [5, 5.41) is 6.57. The van der Waals surface area contributed by atoms with Crippen LogP contribution in [0.25, 0.3) is 0 Å². The smallest absolute Gasteiger partial charge is 0.248 e. The van der Waals surface area contributed by atoms with Gasteiger partial charge in [-0.1, -0.05) is 48.8 Å². The van der Waals surface area contributed by atoms with Gasteiger partial charge in [0.1, 0.15) is 11.8 Å². The van der Waals surface area contributed by atoms with Crippen LogP contribution in [0.2, 0.25) is 0 Å². The first-order valence-electron chi connectivity index (χ1n) is 9.95. The zero-order valence-corrected chi connectivity index (χ0v) is 17.1. The zero-order valence-electron chi connectivity index (χ0n) is 17.1. The number of nitrogens with zero attached hydrogens (tertiary/aromatic N) is 2. The predicted molar refractivity (Wildman–Crippen MR) is 108 cm³/mol. The zero-order chi connectivity index (χ0) is 20.3. The summed E-state index contributed by atoms with van der Waals surface area (Å²) in [6, 6.07) is 9.60. The molecule has 1 unspecified atom stereocenters. The molecule has 1 aliphatic heterocycles. The summed E-state index contributed by atoms with van der Waals surface area (Å²) in [5.41, 5.74) is 2.38. The number of amides is 2. The molecule has 1 fully saturated rings. The minimum absolute atomic E-state index is 0.0354. The number of aromatic nitrogens is 1. The molecule has 0 spiro atoms. The highest BCUT2D eigenvalue weighted by Gasteiger charge is 2.35. The van der Waals surface area contributed by atoms with Crippen molar-refractivity contribution in [2.75, 3.05) is 11.9 Å². The van der Waals surface area contributed by atoms with Gasteiger partial charge in [0.2, 0.25) is 11.8 Å². The minimum Gasteiger partial charge on any atom is -0.360 e. The molecule has 1 aromatic carbocycles. The number of carbonyl (C=O) groups excluding carboxylic acids is 2. The number of nitrogens with one attached hydrogen (secondary N) is 1. The summed E-state index contributed by atoms with van der Waals surface area (Å²) in [4.78, 5) is 27.5. The van der Waals surface area contributed by atoms with Gasteiger partial charge in [-0.3, -0.25) is 9.59 Å². The number of benzene rings is 1. The van der Waals surface area contributed by atoms with Crippen molar-refractivity contribution in [1.82, 2.24) is 10.1 Å². The molecule has 0 aliphatic carbocycles. The Morgan fingerprint density at radius 2 is 1.96 bits per heavy atom. The Morgan fingerprint density at radius 1 is 1.25 bits per heavy atom. The molecule has 6 heteroatoms. The van der Waals surface area contributed by atoms with E-state index in [9.17, 15) is 9.59 Å². The Bertz CT molecular complexity index is 826. The van der Waals surface area contributed by atoms with Crippen molar-refractivity contribution in [3.63, 3.8) is 0 Å². The SMILES string of the molecule is Cc1ccc(C(CC(=O)N2CCC[C@@H]2C(=O)Nc2cc(C)on2)C(C)C)cc1. The molecule has 6 nitrogen and oxygen atoms in total. The van der Waals surface area contributed by atoms with E-state index in [1.807, 2.05) is 0 Å². The molecule has 1 aromatic heterocycles. The number of anilines is 1. The third kappa shape index (κ3) is 4.61. The third-order valence-corrected chi connectivity index (χ3v) is 5.46. The lowest BCUT2D eigenvalue weighted by atomic mass is 9.85. The van der Waals surface area contributed by atoms with Gasteiger partial charge < -0.3 is 14.7 Å². The van der Waals surface area contributed by atoms with Crippen LogP contribution >= 0.6 is 0 Å². The topological polar surface area (TPSA) is 75.4 Å². The maximum absolute atomic E-state index is 13.1. The maximum Gasteiger partial charge on any atom is 0.248 e. The summed E-state index contributed by atoms with van der Waals surface area (Å²) < 4.78 is 4.99. The molecule has 1 N–H and O–H groups in total. The van der Waals surface area contributed by atoms with Crippen LogP contribution in [0.3, 0.4) is 0 Å². The van der Waals surface area contributed by atoms with Gasteiger partial charge in [0, 0.05) is 19.0 Å². The molecule has 0 bridgehead atoms. The fraction of sp³-hybridized carbons (Fsp3) is 0.500. The lowest BCUT2D eigenvalue weighted by Crippen LogP contribution is -2.43. The second kappa shape index (κ2) is 8.59. The Balaban J connectivity index is 1.68. The van der Waals surface area contributed by atoms with E-state index in [0.29, 0.717) is 36.9 Å². The number of hydrogen-bond donors (Lipinski definition) is 1. The van der Waals surface area contributed by atoms with Crippen molar-refractivity contribution in [3.05, 3.63) is 47.2 Å². The Hall–Kier alpha value is -2.63. The first kappa shape index (κ1) is 20.1. The van der Waals surface area contributed by atoms with E-state index in [1.165, 1.54) is 11.1 Å². The van der Waals surface area contributed by atoms with Crippen LogP contribution in [0.4, 0.5) is 5.82 Å². The quantitative estimate of drug-likeness (QED) is 0.816. The highest BCUT2D eigenvalue weighted by atomic mass is 16.5. The average molecular weight is 383 g/mol. The summed E-state index contributed by atoms with van der Waals surface area (Å²) >= 11 is 0. The highest BCUT2D eigenvalue weighted by Crippen LogP contribution is 2.30. The molecular formula is C22H29N3O3. The first-order chi connectivity index (χ1) is 13.3. The van der Waals surface area contributed by atoms with Crippen LogP contribution in [0.1, 0.15) is 55.9 Å². The Labute approximate surface area is 166 Å². The summed E-state index contributed by atoms with van der Waals surface area (Å²) in [5.74, 6) is 1.33. The van der Waals surface area contributed by atoms with Gasteiger partial charge >= 0.3 is 0 Å². The van der Waals surface area contributed by atoms with Crippen LogP contribution in [-0.2, 0) is 9.59 Å². The second-order valence-electron chi connectivity index (χ2n) is 8.02. The van der Waals surface area contributed by atoms with E-state index < -0.39 is 6.04 Å². The van der Waals surface area contributed by atoms with Crippen molar-refractivity contribution in [2.45, 2.75) is 58.9 Å². The van der Waals surface area contributed by atoms with E-state index in [-0.39, 0.29) is 17.7 Å². The van der Waals surface area contributed by atoms with Crippen molar-refractivity contribution < 1.29 is 14.1 Å². The van der Waals surface area contributed by atoms with Crippen LogP contribution in [-0.4, -0.2) is 34.5 Å². The van der Waals surface area contributed by atoms with Crippen molar-refractivity contribution in [2.24, 2.45) is 5.92 Å². The molecule has 1 saturated heterocycles. The molecule has 2 aromatic rings. The van der Waals surface area contributed by atoms with Crippen molar-refractivity contribution in [1.29, 1.82) is 0 Å². The van der Waals surface area contributed by atoms with Crippen LogP contribution in [0.5, 0.6) is 0 Å². The first-order valence-corrected chi connectivity index (χ1v) is 9.95. The van der Waals surface area contributed by atoms with E-state index in [0.717, 1.165) is 6.42 Å². The Morgan fingerprint density at radius 3 is 2.57 bits per heavy atom. The number of aryl methyl sites for hydroxylation is 2. The molecule has 3 rings (SSSR count). The number of hydrogen-bond acceptors (Lipinski definition) is 4. The molecule has 150 valence electrons. The molecule has 2 amide bonds. The lowest BCUT2D eigenvalue weighted by Gasteiger charge is -2.27. The monoisotopic (exact) mass is 383 g/mol. The molecule has 1 aliphatic rings. The van der Waals surface area contributed by atoms with E-state index in [2.05, 4.69) is 55.5 Å². The molecule has 28 heavy (non-hydrogen) atoms. The van der Waals surface area contributed by atoms with E-state index in [4.69, 9.17) is 4.52 Å². The number of carbonyl (C=O) groups is 2. The fourth-order valence-corrected chi connectivity index (χ4v) is 3.83. The number of rotatable bonds is 6. The molecule has 0 saturated carbocycles. The summed E-state index contributed by atoms with van der Waals surface area (Å²) in [6.07, 6.45) is 1.91. The van der Waals surface area contributed by atoms with Gasteiger partial charge in [0.05, 0.1) is 0 Å². The van der Waals surface area contributed by atoms with Gasteiger partial charge in [-0.05, 0) is 44.1 Å². The maximum atomic E-state index is 13.1. The lowest BCUT2D eigenvalue weighted by molar-refractivity contribution is -0.137. The molecule has 2 atom stereocenters. The normalized spacial score (nSPS) is 17.8. The molecular weight excluding hydrogens is 354 g/mol. The second-order valence-corrected chi connectivity index (χ2v) is 8.02. The van der Waals surface area contributed by atoms with Crippen molar-refractivity contribution >= 4 is 17.6 Å². The fourth-order valence-electron chi connectivity index (χ4n) is 3.83.